The molecule has 1 aromatic carbocycles. The van der Waals surface area contributed by atoms with E-state index in [1.165, 1.54) is 19.2 Å². The fourth-order valence-corrected chi connectivity index (χ4v) is 5.69. The third-order valence-corrected chi connectivity index (χ3v) is 6.68. The van der Waals surface area contributed by atoms with Crippen molar-refractivity contribution in [1.29, 1.82) is 0 Å². The Labute approximate surface area is 176 Å². The lowest BCUT2D eigenvalue weighted by Gasteiger charge is -2.33. The minimum absolute atomic E-state index is 0.0280. The molecule has 0 atom stereocenters. The van der Waals surface area contributed by atoms with Gasteiger partial charge in [0.05, 0.1) is 17.6 Å². The van der Waals surface area contributed by atoms with Crippen LogP contribution in [-0.2, 0) is 10.0 Å². The Morgan fingerprint density at radius 2 is 1.66 bits per heavy atom. The van der Waals surface area contributed by atoms with Gasteiger partial charge in [0, 0.05) is 18.6 Å². The summed E-state index contributed by atoms with van der Waals surface area (Å²) in [7, 11) is -2.29. The number of amides is 1. The molecule has 29 heavy (non-hydrogen) atoms. The van der Waals surface area contributed by atoms with Gasteiger partial charge in [-0.2, -0.15) is 0 Å². The Bertz CT molecular complexity index is 818. The molecule has 0 spiro atoms. The number of hydrogen-bond donors (Lipinski definition) is 1. The van der Waals surface area contributed by atoms with Gasteiger partial charge in [-0.1, -0.05) is 33.6 Å². The van der Waals surface area contributed by atoms with E-state index < -0.39 is 15.6 Å². The summed E-state index contributed by atoms with van der Waals surface area (Å²) >= 11 is 0. The minimum Gasteiger partial charge on any atom is -0.496 e. The molecule has 1 aromatic rings. The molecular weight excluding hydrogens is 388 g/mol. The average Bonchev–Trinajstić information content (AvgIpc) is 2.86. The van der Waals surface area contributed by atoms with Gasteiger partial charge in [0.2, 0.25) is 10.0 Å². The molecule has 7 heteroatoms. The van der Waals surface area contributed by atoms with E-state index in [2.05, 4.69) is 25.5 Å². The van der Waals surface area contributed by atoms with Crippen molar-refractivity contribution >= 4 is 15.9 Å². The number of ether oxygens (including phenoxy) is 1. The van der Waals surface area contributed by atoms with Gasteiger partial charge < -0.3 is 9.64 Å². The second-order valence-corrected chi connectivity index (χ2v) is 11.5. The van der Waals surface area contributed by atoms with Crippen molar-refractivity contribution in [2.24, 2.45) is 5.41 Å². The van der Waals surface area contributed by atoms with Crippen LogP contribution in [0.1, 0.15) is 77.1 Å². The van der Waals surface area contributed by atoms with Crippen LogP contribution in [0.2, 0.25) is 0 Å². The molecule has 1 heterocycles. The van der Waals surface area contributed by atoms with Crippen molar-refractivity contribution in [3.8, 4) is 5.75 Å². The first-order valence-electron chi connectivity index (χ1n) is 10.4. The molecule has 0 saturated carbocycles. The molecule has 0 aliphatic carbocycles. The number of sulfonamides is 1. The summed E-state index contributed by atoms with van der Waals surface area (Å²) in [4.78, 5) is 15.0. The third-order valence-electron chi connectivity index (χ3n) is 4.99. The van der Waals surface area contributed by atoms with Crippen molar-refractivity contribution in [2.75, 3.05) is 20.2 Å². The van der Waals surface area contributed by atoms with Gasteiger partial charge in [-0.15, -0.1) is 0 Å². The zero-order valence-electron chi connectivity index (χ0n) is 18.7. The number of carbonyl (C=O) groups excluding carboxylic acids is 1. The van der Waals surface area contributed by atoms with Gasteiger partial charge in [-0.25, -0.2) is 13.1 Å². The van der Waals surface area contributed by atoms with Crippen molar-refractivity contribution < 1.29 is 17.9 Å². The number of carbonyl (C=O) groups is 1. The maximum Gasteiger partial charge on any atom is 0.257 e. The Morgan fingerprint density at radius 1 is 1.07 bits per heavy atom. The van der Waals surface area contributed by atoms with Crippen molar-refractivity contribution in [2.45, 2.75) is 77.2 Å². The van der Waals surface area contributed by atoms with Crippen LogP contribution >= 0.6 is 0 Å². The smallest absolute Gasteiger partial charge is 0.257 e. The number of likely N-dealkylation sites (tertiary alicyclic amines) is 1. The van der Waals surface area contributed by atoms with Gasteiger partial charge >= 0.3 is 0 Å². The summed E-state index contributed by atoms with van der Waals surface area (Å²) in [5.41, 5.74) is -0.350. The monoisotopic (exact) mass is 424 g/mol. The highest BCUT2D eigenvalue weighted by Crippen LogP contribution is 2.30. The molecule has 1 aliphatic rings. The molecule has 0 bridgehead atoms. The number of rotatable bonds is 6. The van der Waals surface area contributed by atoms with Gasteiger partial charge in [-0.3, -0.25) is 4.79 Å². The fraction of sp³-hybridized carbons (Fsp3) is 0.682. The predicted octanol–water partition coefficient (Wildman–Crippen LogP) is 4.20. The van der Waals surface area contributed by atoms with Crippen LogP contribution in [0.4, 0.5) is 0 Å². The first-order chi connectivity index (χ1) is 13.3. The molecule has 1 saturated heterocycles. The van der Waals surface area contributed by atoms with E-state index in [9.17, 15) is 13.2 Å². The predicted molar refractivity (Wildman–Crippen MR) is 116 cm³/mol. The molecule has 1 aliphatic heterocycles. The summed E-state index contributed by atoms with van der Waals surface area (Å²) in [5.74, 6) is 0.224. The highest BCUT2D eigenvalue weighted by atomic mass is 32.2. The Kier molecular flexibility index (Phi) is 7.38. The van der Waals surface area contributed by atoms with Crippen LogP contribution in [0.25, 0.3) is 0 Å². The van der Waals surface area contributed by atoms with Crippen molar-refractivity contribution in [3.63, 3.8) is 0 Å². The standard InChI is InChI=1S/C22H36N2O4S/c1-21(2,3)16-22(4,5)23-29(26,27)17-11-12-19(28-6)18(15-17)20(25)24-13-9-7-8-10-14-24/h11-12,15,23H,7-10,13-14,16H2,1-6H3. The first kappa shape index (κ1) is 23.7. The molecule has 0 aromatic heterocycles. The number of nitrogens with one attached hydrogen (secondary N) is 1. The fourth-order valence-electron chi connectivity index (χ4n) is 4.25. The molecule has 1 N–H and O–H groups in total. The molecule has 1 fully saturated rings. The van der Waals surface area contributed by atoms with E-state index in [1.807, 2.05) is 13.8 Å². The second kappa shape index (κ2) is 9.04. The van der Waals surface area contributed by atoms with Crippen LogP contribution in [0, 0.1) is 5.41 Å². The lowest BCUT2D eigenvalue weighted by molar-refractivity contribution is 0.0758. The highest BCUT2D eigenvalue weighted by molar-refractivity contribution is 7.89. The van der Waals surface area contributed by atoms with E-state index >= 15 is 0 Å². The highest BCUT2D eigenvalue weighted by Gasteiger charge is 2.31. The van der Waals surface area contributed by atoms with Crippen LogP contribution < -0.4 is 9.46 Å². The summed E-state index contributed by atoms with van der Waals surface area (Å²) in [6.45, 7) is 11.4. The van der Waals surface area contributed by atoms with E-state index in [0.717, 1.165) is 25.7 Å². The molecule has 1 amide bonds. The zero-order chi connectivity index (χ0) is 21.9. The number of hydrogen-bond acceptors (Lipinski definition) is 4. The maximum atomic E-state index is 13.1. The first-order valence-corrected chi connectivity index (χ1v) is 11.8. The second-order valence-electron chi connectivity index (χ2n) is 9.80. The lowest BCUT2D eigenvalue weighted by atomic mass is 9.82. The summed E-state index contributed by atoms with van der Waals surface area (Å²) in [6.07, 6.45) is 4.84. The lowest BCUT2D eigenvalue weighted by Crippen LogP contribution is -2.45. The Hall–Kier alpha value is -1.60. The van der Waals surface area contributed by atoms with E-state index in [0.29, 0.717) is 30.8 Å². The topological polar surface area (TPSA) is 75.7 Å². The van der Waals surface area contributed by atoms with Crippen molar-refractivity contribution in [3.05, 3.63) is 23.8 Å². The zero-order valence-corrected chi connectivity index (χ0v) is 19.5. The van der Waals surface area contributed by atoms with Gasteiger partial charge in [0.25, 0.3) is 5.91 Å². The van der Waals surface area contributed by atoms with E-state index in [4.69, 9.17) is 4.74 Å². The molecule has 2 rings (SSSR count). The summed E-state index contributed by atoms with van der Waals surface area (Å²) < 4.78 is 34.3. The minimum atomic E-state index is -3.79. The van der Waals surface area contributed by atoms with Crippen LogP contribution in [0.5, 0.6) is 5.75 Å². The molecule has 0 radical (unpaired) electrons. The van der Waals surface area contributed by atoms with Crippen LogP contribution in [0.15, 0.2) is 23.1 Å². The molecular formula is C22H36N2O4S. The SMILES string of the molecule is COc1ccc(S(=O)(=O)NC(C)(C)CC(C)(C)C)cc1C(=O)N1CCCCCC1. The Balaban J connectivity index is 2.34. The summed E-state index contributed by atoms with van der Waals surface area (Å²) in [6, 6.07) is 4.51. The van der Waals surface area contributed by atoms with Crippen LogP contribution in [-0.4, -0.2) is 45.0 Å². The van der Waals surface area contributed by atoms with E-state index in [1.54, 1.807) is 11.0 Å². The van der Waals surface area contributed by atoms with E-state index in [-0.39, 0.29) is 16.2 Å². The average molecular weight is 425 g/mol. The maximum absolute atomic E-state index is 13.1. The van der Waals surface area contributed by atoms with Crippen LogP contribution in [0.3, 0.4) is 0 Å². The van der Waals surface area contributed by atoms with Gasteiger partial charge in [0.15, 0.2) is 0 Å². The number of benzene rings is 1. The van der Waals surface area contributed by atoms with Gasteiger partial charge in [0.1, 0.15) is 5.75 Å². The quantitative estimate of drug-likeness (QED) is 0.742. The normalized spacial score (nSPS) is 16.4. The summed E-state index contributed by atoms with van der Waals surface area (Å²) in [5, 5.41) is 0. The molecule has 0 unspecified atom stereocenters. The third kappa shape index (κ3) is 6.71. The Morgan fingerprint density at radius 3 is 2.17 bits per heavy atom. The number of methoxy groups -OCH3 is 1. The largest absolute Gasteiger partial charge is 0.496 e. The van der Waals surface area contributed by atoms with Crippen molar-refractivity contribution in [1.82, 2.24) is 9.62 Å². The number of nitrogens with zero attached hydrogens (tertiary/aromatic N) is 1. The molecule has 164 valence electrons. The van der Waals surface area contributed by atoms with Gasteiger partial charge in [-0.05, 0) is 56.7 Å². The molecule has 6 nitrogen and oxygen atoms in total.